The number of carbonyl (C=O) groups is 5. The molecular formula is C32H44N5O7+. The Balaban J connectivity index is 1.91. The first-order chi connectivity index (χ1) is 20.7. The smallest absolute Gasteiger partial charge is 0.410 e. The van der Waals surface area contributed by atoms with Gasteiger partial charge in [-0.25, -0.2) is 14.1 Å². The number of likely N-dealkylation sites (N-methyl/N-ethyl adjacent to an activating group) is 1. The summed E-state index contributed by atoms with van der Waals surface area (Å²) in [7, 11) is 1.30. The zero-order valence-corrected chi connectivity index (χ0v) is 25.8. The van der Waals surface area contributed by atoms with Crippen LogP contribution in [-0.4, -0.2) is 87.6 Å². The second kappa shape index (κ2) is 14.5. The average Bonchev–Trinajstić information content (AvgIpc) is 3.45. The minimum Gasteiger partial charge on any atom is -0.445 e. The topological polar surface area (TPSA) is 182 Å². The molecule has 1 saturated heterocycles. The molecule has 1 unspecified atom stereocenters. The normalized spacial score (nSPS) is 20.2. The fourth-order valence-electron chi connectivity index (χ4n) is 6.01. The lowest BCUT2D eigenvalue weighted by Crippen LogP contribution is -2.72. The predicted octanol–water partition coefficient (Wildman–Crippen LogP) is 1.38. The number of primary amides is 2. The van der Waals surface area contributed by atoms with Gasteiger partial charge in [-0.05, 0) is 38.3 Å². The molecule has 0 saturated carbocycles. The minimum atomic E-state index is -1.76. The second-order valence-electron chi connectivity index (χ2n) is 12.2. The molecule has 238 valence electrons. The maximum atomic E-state index is 14.3. The van der Waals surface area contributed by atoms with Crippen LogP contribution in [0.15, 0.2) is 60.7 Å². The standard InChI is InChI=1S/C32H43N5O7/c1-32(2,3)37(17-11-16-25(37)28(34)40)30(42)27(39)23(18-21-12-7-5-8-13-21)35-29(41)24(19-26(33)38)36(4)31(43)44-20-22-14-9-6-10-15-22/h5-10,12-15,23-25,27,39H,11,16-20H2,1-4H3,(H4-,33,34,35,38,40,41)/p+1/t23-,24-,25-,27-,37?/m0/s1. The molecule has 2 aromatic rings. The Kier molecular flexibility index (Phi) is 11.2. The number of hydrogen-bond donors (Lipinski definition) is 4. The van der Waals surface area contributed by atoms with E-state index in [2.05, 4.69) is 5.32 Å². The Bertz CT molecular complexity index is 1330. The highest BCUT2D eigenvalue weighted by Gasteiger charge is 2.60. The van der Waals surface area contributed by atoms with Crippen molar-refractivity contribution in [2.75, 3.05) is 13.6 Å². The molecule has 2 aromatic carbocycles. The maximum Gasteiger partial charge on any atom is 0.410 e. The van der Waals surface area contributed by atoms with Crippen LogP contribution in [0.2, 0.25) is 0 Å². The number of nitrogens with two attached hydrogens (primary N) is 2. The Hall–Kier alpha value is -4.29. The predicted molar refractivity (Wildman–Crippen MR) is 162 cm³/mol. The Morgan fingerprint density at radius 3 is 2.09 bits per heavy atom. The number of ether oxygens (including phenoxy) is 1. The third kappa shape index (κ3) is 7.80. The lowest BCUT2D eigenvalue weighted by atomic mass is 9.93. The summed E-state index contributed by atoms with van der Waals surface area (Å²) in [6, 6.07) is 14.4. The second-order valence-corrected chi connectivity index (χ2v) is 12.2. The summed E-state index contributed by atoms with van der Waals surface area (Å²) < 4.78 is 4.97. The molecule has 6 N–H and O–H groups in total. The van der Waals surface area contributed by atoms with Crippen molar-refractivity contribution in [1.82, 2.24) is 10.2 Å². The Labute approximate surface area is 257 Å². The van der Waals surface area contributed by atoms with Crippen molar-refractivity contribution in [1.29, 1.82) is 0 Å². The summed E-state index contributed by atoms with van der Waals surface area (Å²) in [6.45, 7) is 5.65. The van der Waals surface area contributed by atoms with Gasteiger partial charge in [-0.2, -0.15) is 0 Å². The van der Waals surface area contributed by atoms with Crippen molar-refractivity contribution in [2.24, 2.45) is 11.5 Å². The molecule has 12 nitrogen and oxygen atoms in total. The molecule has 5 atom stereocenters. The first-order valence-corrected chi connectivity index (χ1v) is 14.6. The molecule has 1 heterocycles. The van der Waals surface area contributed by atoms with Crippen LogP contribution in [0.5, 0.6) is 0 Å². The number of likely N-dealkylation sites (tertiary alicyclic amines) is 1. The van der Waals surface area contributed by atoms with Gasteiger partial charge in [0.1, 0.15) is 12.6 Å². The molecule has 0 aliphatic carbocycles. The van der Waals surface area contributed by atoms with Gasteiger partial charge in [0.25, 0.3) is 5.91 Å². The molecular weight excluding hydrogens is 566 g/mol. The van der Waals surface area contributed by atoms with Gasteiger partial charge >= 0.3 is 12.0 Å². The van der Waals surface area contributed by atoms with E-state index in [4.69, 9.17) is 16.2 Å². The molecule has 1 fully saturated rings. The highest BCUT2D eigenvalue weighted by molar-refractivity contribution is 5.91. The number of rotatable bonds is 12. The summed E-state index contributed by atoms with van der Waals surface area (Å²) in [5, 5.41) is 14.4. The van der Waals surface area contributed by atoms with Crippen LogP contribution >= 0.6 is 0 Å². The molecule has 1 aliphatic heterocycles. The number of nitrogens with zero attached hydrogens (tertiary/aromatic N) is 2. The number of nitrogens with one attached hydrogen (secondary N) is 1. The van der Waals surface area contributed by atoms with E-state index in [1.54, 1.807) is 54.6 Å². The van der Waals surface area contributed by atoms with Crippen LogP contribution in [0.4, 0.5) is 4.79 Å². The Morgan fingerprint density at radius 1 is 1.00 bits per heavy atom. The summed E-state index contributed by atoms with van der Waals surface area (Å²) >= 11 is 0. The molecule has 0 bridgehead atoms. The number of aliphatic hydroxyl groups is 1. The molecule has 0 aromatic heterocycles. The van der Waals surface area contributed by atoms with Crippen molar-refractivity contribution < 1.29 is 38.3 Å². The van der Waals surface area contributed by atoms with Gasteiger partial charge in [-0.15, -0.1) is 0 Å². The third-order valence-corrected chi connectivity index (χ3v) is 8.36. The number of aliphatic hydroxyl groups excluding tert-OH is 1. The van der Waals surface area contributed by atoms with Crippen LogP contribution in [0.1, 0.15) is 51.2 Å². The monoisotopic (exact) mass is 610 g/mol. The van der Waals surface area contributed by atoms with Crippen LogP contribution in [0, 0.1) is 0 Å². The summed E-state index contributed by atoms with van der Waals surface area (Å²) in [6.07, 6.45) is -2.19. The lowest BCUT2D eigenvalue weighted by molar-refractivity contribution is -0.904. The fraction of sp³-hybridized carbons (Fsp3) is 0.469. The highest BCUT2D eigenvalue weighted by atomic mass is 16.6. The van der Waals surface area contributed by atoms with Crippen molar-refractivity contribution in [3.8, 4) is 0 Å². The van der Waals surface area contributed by atoms with Gasteiger partial charge in [-0.1, -0.05) is 60.7 Å². The molecule has 0 spiro atoms. The number of amides is 5. The van der Waals surface area contributed by atoms with Gasteiger partial charge in [0, 0.05) is 19.9 Å². The number of carbonyl (C=O) groups excluding carboxylic acids is 5. The van der Waals surface area contributed by atoms with E-state index in [0.29, 0.717) is 24.9 Å². The first kappa shape index (κ1) is 34.2. The maximum absolute atomic E-state index is 14.3. The van der Waals surface area contributed by atoms with Gasteiger partial charge < -0.3 is 26.6 Å². The Morgan fingerprint density at radius 2 is 1.57 bits per heavy atom. The van der Waals surface area contributed by atoms with Crippen LogP contribution in [0.25, 0.3) is 0 Å². The minimum absolute atomic E-state index is 0.0380. The largest absolute Gasteiger partial charge is 0.445 e. The zero-order chi connectivity index (χ0) is 32.7. The van der Waals surface area contributed by atoms with Crippen molar-refractivity contribution in [2.45, 2.75) is 82.8 Å². The quantitative estimate of drug-likeness (QED) is 0.262. The summed E-state index contributed by atoms with van der Waals surface area (Å²) in [5.41, 5.74) is 11.8. The van der Waals surface area contributed by atoms with Crippen LogP contribution in [0.3, 0.4) is 0 Å². The average molecular weight is 611 g/mol. The molecule has 5 amide bonds. The zero-order valence-electron chi connectivity index (χ0n) is 25.8. The van der Waals surface area contributed by atoms with Gasteiger partial charge in [0.05, 0.1) is 24.5 Å². The number of hydrogen-bond acceptors (Lipinski definition) is 7. The number of quaternary nitrogens is 1. The van der Waals surface area contributed by atoms with E-state index in [0.717, 1.165) is 10.5 Å². The SMILES string of the molecule is CN(C(=O)OCc1ccccc1)[C@@H](CC(N)=O)C(=O)N[C@@H](Cc1ccccc1)[C@H](O)C(=O)[N+]1(C(C)(C)C)CCC[C@H]1C(N)=O. The number of benzene rings is 2. The van der Waals surface area contributed by atoms with E-state index in [1.807, 2.05) is 26.8 Å². The first-order valence-electron chi connectivity index (χ1n) is 14.6. The highest BCUT2D eigenvalue weighted by Crippen LogP contribution is 2.38. The van der Waals surface area contributed by atoms with Gasteiger partial charge in [-0.3, -0.25) is 19.3 Å². The van der Waals surface area contributed by atoms with Crippen LogP contribution < -0.4 is 16.8 Å². The molecule has 44 heavy (non-hydrogen) atoms. The van der Waals surface area contributed by atoms with E-state index < -0.39 is 65.9 Å². The fourth-order valence-corrected chi connectivity index (χ4v) is 6.01. The molecule has 12 heteroatoms. The summed E-state index contributed by atoms with van der Waals surface area (Å²) in [4.78, 5) is 66.3. The van der Waals surface area contributed by atoms with Crippen molar-refractivity contribution in [3.05, 3.63) is 71.8 Å². The molecule has 1 aliphatic rings. The van der Waals surface area contributed by atoms with E-state index in [-0.39, 0.29) is 17.5 Å². The molecule has 3 rings (SSSR count). The van der Waals surface area contributed by atoms with E-state index in [1.165, 1.54) is 7.05 Å². The lowest BCUT2D eigenvalue weighted by Gasteiger charge is -2.47. The summed E-state index contributed by atoms with van der Waals surface area (Å²) in [5.74, 6) is -2.95. The van der Waals surface area contributed by atoms with Crippen molar-refractivity contribution >= 4 is 29.7 Å². The molecule has 0 radical (unpaired) electrons. The van der Waals surface area contributed by atoms with Gasteiger partial charge in [0.2, 0.25) is 11.8 Å². The van der Waals surface area contributed by atoms with E-state index in [9.17, 15) is 29.1 Å². The third-order valence-electron chi connectivity index (χ3n) is 8.36. The van der Waals surface area contributed by atoms with Gasteiger partial charge in [0.15, 0.2) is 12.1 Å². The van der Waals surface area contributed by atoms with Crippen molar-refractivity contribution in [3.63, 3.8) is 0 Å². The van der Waals surface area contributed by atoms with E-state index >= 15 is 0 Å². The van der Waals surface area contributed by atoms with Crippen LogP contribution in [-0.2, 0) is 36.9 Å².